The molecule has 0 spiro atoms. The van der Waals surface area contributed by atoms with Crippen LogP contribution >= 0.6 is 9.47 Å². The van der Waals surface area contributed by atoms with Gasteiger partial charge in [0.15, 0.2) is 0 Å². The molecule has 1 aromatic rings. The van der Waals surface area contributed by atoms with Crippen LogP contribution in [-0.4, -0.2) is 23.9 Å². The third kappa shape index (κ3) is 3.70. The van der Waals surface area contributed by atoms with E-state index < -0.39 is 0 Å². The minimum absolute atomic E-state index is 0.197. The average molecular weight is 279 g/mol. The maximum Gasteiger partial charge on any atom is 0.219 e. The topological polar surface area (TPSA) is 29.5 Å². The van der Waals surface area contributed by atoms with Gasteiger partial charge >= 0.3 is 0 Å². The smallest absolute Gasteiger partial charge is 0.219 e. The van der Waals surface area contributed by atoms with E-state index in [4.69, 9.17) is 4.52 Å². The summed E-state index contributed by atoms with van der Waals surface area (Å²) >= 11 is 0. The van der Waals surface area contributed by atoms with Gasteiger partial charge in [0, 0.05) is 20.0 Å². The lowest BCUT2D eigenvalue weighted by Gasteiger charge is -2.31. The summed E-state index contributed by atoms with van der Waals surface area (Å²) in [6, 6.07) is 6.31. The van der Waals surface area contributed by atoms with Crippen molar-refractivity contribution >= 4 is 15.4 Å². The number of carbonyl (C=O) groups excluding carboxylic acids is 1. The molecule has 1 saturated heterocycles. The van der Waals surface area contributed by atoms with Crippen LogP contribution in [0.15, 0.2) is 18.2 Å². The van der Waals surface area contributed by atoms with Crippen molar-refractivity contribution < 1.29 is 9.32 Å². The molecule has 3 nitrogen and oxygen atoms in total. The maximum atomic E-state index is 11.3. The molecular formula is C15H22NO2P. The predicted molar refractivity (Wildman–Crippen MR) is 80.2 cm³/mol. The molecule has 0 radical (unpaired) electrons. The van der Waals surface area contributed by atoms with Crippen molar-refractivity contribution in [2.45, 2.75) is 33.1 Å². The molecule has 19 heavy (non-hydrogen) atoms. The number of benzene rings is 1. The molecule has 1 aliphatic rings. The van der Waals surface area contributed by atoms with Crippen LogP contribution in [0.1, 0.15) is 30.9 Å². The van der Waals surface area contributed by atoms with Gasteiger partial charge in [0.05, 0.1) is 9.47 Å². The third-order valence-electron chi connectivity index (χ3n) is 3.91. The van der Waals surface area contributed by atoms with Crippen LogP contribution in [0, 0.1) is 12.8 Å². The molecule has 1 aromatic carbocycles. The first-order chi connectivity index (χ1) is 9.10. The molecule has 0 bridgehead atoms. The van der Waals surface area contributed by atoms with Gasteiger partial charge in [0.1, 0.15) is 5.75 Å². The Morgan fingerprint density at radius 3 is 2.68 bits per heavy atom. The number of carbonyl (C=O) groups is 1. The first-order valence-electron chi connectivity index (χ1n) is 6.82. The summed E-state index contributed by atoms with van der Waals surface area (Å²) in [6.07, 6.45) is 3.21. The molecule has 4 heteroatoms. The fraction of sp³-hybridized carbons (Fsp3) is 0.533. The number of likely N-dealkylation sites (tertiary alicyclic amines) is 1. The Kier molecular flexibility index (Phi) is 4.81. The zero-order valence-electron chi connectivity index (χ0n) is 11.7. The molecule has 1 atom stereocenters. The summed E-state index contributed by atoms with van der Waals surface area (Å²) in [5, 5.41) is 0. The van der Waals surface area contributed by atoms with Gasteiger partial charge in [-0.25, -0.2) is 0 Å². The molecular weight excluding hydrogens is 257 g/mol. The van der Waals surface area contributed by atoms with E-state index in [1.807, 2.05) is 11.0 Å². The van der Waals surface area contributed by atoms with Gasteiger partial charge in [-0.15, -0.1) is 0 Å². The molecule has 0 N–H and O–H groups in total. The SMILES string of the molecule is CC(=O)N1CCC(Cc2cc(C)ccc2OP)CC1. The van der Waals surface area contributed by atoms with Crippen LogP contribution in [0.4, 0.5) is 0 Å². The summed E-state index contributed by atoms with van der Waals surface area (Å²) in [4.78, 5) is 13.3. The van der Waals surface area contributed by atoms with E-state index in [0.29, 0.717) is 5.92 Å². The van der Waals surface area contributed by atoms with E-state index in [1.54, 1.807) is 6.92 Å². The molecule has 1 aliphatic heterocycles. The van der Waals surface area contributed by atoms with Gasteiger partial charge in [0.2, 0.25) is 5.91 Å². The normalized spacial score (nSPS) is 16.5. The highest BCUT2D eigenvalue weighted by atomic mass is 31.0. The van der Waals surface area contributed by atoms with Crippen molar-refractivity contribution in [1.82, 2.24) is 4.90 Å². The second kappa shape index (κ2) is 6.38. The number of hydrogen-bond donors (Lipinski definition) is 0. The molecule has 0 aliphatic carbocycles. The summed E-state index contributed by atoms with van der Waals surface area (Å²) in [6.45, 7) is 5.54. The number of piperidine rings is 1. The van der Waals surface area contributed by atoms with Gasteiger partial charge in [-0.1, -0.05) is 17.7 Å². The minimum atomic E-state index is 0.197. The Balaban J connectivity index is 1.99. The van der Waals surface area contributed by atoms with Gasteiger partial charge in [-0.05, 0) is 43.7 Å². The Bertz CT molecular complexity index is 453. The van der Waals surface area contributed by atoms with Gasteiger partial charge in [-0.3, -0.25) is 4.79 Å². The fourth-order valence-corrected chi connectivity index (χ4v) is 2.98. The largest absolute Gasteiger partial charge is 0.480 e. The molecule has 0 saturated carbocycles. The lowest BCUT2D eigenvalue weighted by Crippen LogP contribution is -2.37. The molecule has 1 fully saturated rings. The number of hydrogen-bond acceptors (Lipinski definition) is 2. The van der Waals surface area contributed by atoms with Crippen LogP contribution in [0.5, 0.6) is 5.75 Å². The number of rotatable bonds is 3. The van der Waals surface area contributed by atoms with Crippen LogP contribution in [0.25, 0.3) is 0 Å². The van der Waals surface area contributed by atoms with Crippen LogP contribution in [-0.2, 0) is 11.2 Å². The van der Waals surface area contributed by atoms with Crippen molar-refractivity contribution in [2.75, 3.05) is 13.1 Å². The summed E-state index contributed by atoms with van der Waals surface area (Å²) in [7, 11) is 2.33. The summed E-state index contributed by atoms with van der Waals surface area (Å²) in [5.41, 5.74) is 2.54. The van der Waals surface area contributed by atoms with Crippen molar-refractivity contribution in [3.05, 3.63) is 29.3 Å². The highest BCUT2D eigenvalue weighted by Gasteiger charge is 2.21. The molecule has 1 unspecified atom stereocenters. The Labute approximate surface area is 117 Å². The summed E-state index contributed by atoms with van der Waals surface area (Å²) in [5.74, 6) is 1.80. The van der Waals surface area contributed by atoms with E-state index >= 15 is 0 Å². The number of aryl methyl sites for hydroxylation is 1. The van der Waals surface area contributed by atoms with Crippen LogP contribution in [0.3, 0.4) is 0 Å². The van der Waals surface area contributed by atoms with Crippen molar-refractivity contribution in [3.63, 3.8) is 0 Å². The lowest BCUT2D eigenvalue weighted by molar-refractivity contribution is -0.130. The zero-order chi connectivity index (χ0) is 13.8. The maximum absolute atomic E-state index is 11.3. The fourth-order valence-electron chi connectivity index (χ4n) is 2.75. The van der Waals surface area contributed by atoms with Gasteiger partial charge in [0.25, 0.3) is 0 Å². The molecule has 1 heterocycles. The van der Waals surface area contributed by atoms with E-state index in [-0.39, 0.29) is 5.91 Å². The molecule has 1 amide bonds. The predicted octanol–water partition coefficient (Wildman–Crippen LogP) is 2.96. The van der Waals surface area contributed by atoms with Crippen LogP contribution in [0.2, 0.25) is 0 Å². The first kappa shape index (κ1) is 14.3. The second-order valence-corrected chi connectivity index (χ2v) is 5.62. The molecule has 0 aromatic heterocycles. The minimum Gasteiger partial charge on any atom is -0.480 e. The Morgan fingerprint density at radius 2 is 2.11 bits per heavy atom. The van der Waals surface area contributed by atoms with Crippen molar-refractivity contribution in [3.8, 4) is 5.75 Å². The average Bonchev–Trinajstić information content (AvgIpc) is 2.39. The summed E-state index contributed by atoms with van der Waals surface area (Å²) < 4.78 is 5.35. The third-order valence-corrected chi connectivity index (χ3v) is 4.17. The Hall–Kier alpha value is -1.08. The molecule has 104 valence electrons. The monoisotopic (exact) mass is 279 g/mol. The molecule has 2 rings (SSSR count). The zero-order valence-corrected chi connectivity index (χ0v) is 12.8. The van der Waals surface area contributed by atoms with Crippen LogP contribution < -0.4 is 4.52 Å². The standard InChI is InChI=1S/C15H22NO2P/c1-11-3-4-15(18-19)14(9-11)10-13-5-7-16(8-6-13)12(2)17/h3-4,9,13H,5-8,10,19H2,1-2H3. The van der Waals surface area contributed by atoms with Crippen molar-refractivity contribution in [1.29, 1.82) is 0 Å². The van der Waals surface area contributed by atoms with Gasteiger partial charge < -0.3 is 9.42 Å². The van der Waals surface area contributed by atoms with E-state index in [9.17, 15) is 4.79 Å². The Morgan fingerprint density at radius 1 is 1.42 bits per heavy atom. The van der Waals surface area contributed by atoms with E-state index in [0.717, 1.165) is 38.1 Å². The highest BCUT2D eigenvalue weighted by Crippen LogP contribution is 2.28. The van der Waals surface area contributed by atoms with E-state index in [2.05, 4.69) is 28.5 Å². The second-order valence-electron chi connectivity index (χ2n) is 5.38. The van der Waals surface area contributed by atoms with Gasteiger partial charge in [-0.2, -0.15) is 0 Å². The highest BCUT2D eigenvalue weighted by molar-refractivity contribution is 7.10. The number of amides is 1. The lowest BCUT2D eigenvalue weighted by atomic mass is 9.89. The first-order valence-corrected chi connectivity index (χ1v) is 7.29. The van der Waals surface area contributed by atoms with E-state index in [1.165, 1.54) is 11.1 Å². The number of nitrogens with zero attached hydrogens (tertiary/aromatic N) is 1. The van der Waals surface area contributed by atoms with Crippen molar-refractivity contribution in [2.24, 2.45) is 5.92 Å². The quantitative estimate of drug-likeness (QED) is 0.796.